The highest BCUT2D eigenvalue weighted by Crippen LogP contribution is 2.06. The van der Waals surface area contributed by atoms with Gasteiger partial charge in [-0.15, -0.1) is 0 Å². The van der Waals surface area contributed by atoms with Gasteiger partial charge >= 0.3 is 0 Å². The molecule has 0 radical (unpaired) electrons. The molecule has 0 bridgehead atoms. The molecule has 0 amide bonds. The van der Waals surface area contributed by atoms with E-state index in [0.717, 1.165) is 5.33 Å². The highest BCUT2D eigenvalue weighted by molar-refractivity contribution is 9.09. The lowest BCUT2D eigenvalue weighted by atomic mass is 10.1. The molecule has 1 nitrogen and oxygen atoms in total. The molecule has 0 heterocycles. The van der Waals surface area contributed by atoms with Crippen LogP contribution in [0, 0.1) is 0 Å². The number of nitrogens with zero attached hydrogens (tertiary/aromatic N) is 1. The Balaban J connectivity index is 3.22. The third kappa shape index (κ3) is 10.7. The number of halogens is 1. The van der Waals surface area contributed by atoms with Gasteiger partial charge in [-0.1, -0.05) is 61.9 Å². The standard InChI is InChI=1S/C13H28BrN/c1-3-5-6-7-8-9-12-15(4-2)13-10-11-14/h3-13H2,1-2H3. The van der Waals surface area contributed by atoms with Crippen molar-refractivity contribution in [2.45, 2.75) is 58.8 Å². The summed E-state index contributed by atoms with van der Waals surface area (Å²) in [5.74, 6) is 0. The van der Waals surface area contributed by atoms with Crippen LogP contribution < -0.4 is 0 Å². The molecule has 0 aliphatic carbocycles. The first-order chi connectivity index (χ1) is 7.35. The second-order valence-corrected chi connectivity index (χ2v) is 5.04. The van der Waals surface area contributed by atoms with E-state index < -0.39 is 0 Å². The van der Waals surface area contributed by atoms with Crippen molar-refractivity contribution in [3.63, 3.8) is 0 Å². The van der Waals surface area contributed by atoms with Crippen LogP contribution in [0.15, 0.2) is 0 Å². The van der Waals surface area contributed by atoms with Gasteiger partial charge in [0.15, 0.2) is 0 Å². The molecule has 0 aliphatic heterocycles. The van der Waals surface area contributed by atoms with Gasteiger partial charge in [0.25, 0.3) is 0 Å². The summed E-state index contributed by atoms with van der Waals surface area (Å²) < 4.78 is 0. The molecular formula is C13H28BrN. The van der Waals surface area contributed by atoms with Gasteiger partial charge in [0.05, 0.1) is 0 Å². The van der Waals surface area contributed by atoms with Gasteiger partial charge in [-0.25, -0.2) is 0 Å². The van der Waals surface area contributed by atoms with Gasteiger partial charge in [0.1, 0.15) is 0 Å². The fourth-order valence-electron chi connectivity index (χ4n) is 1.83. The number of hydrogen-bond acceptors (Lipinski definition) is 1. The Morgan fingerprint density at radius 3 is 2.00 bits per heavy atom. The van der Waals surface area contributed by atoms with Crippen molar-refractivity contribution >= 4 is 15.9 Å². The number of hydrogen-bond donors (Lipinski definition) is 0. The summed E-state index contributed by atoms with van der Waals surface area (Å²) in [6, 6.07) is 0. The fraction of sp³-hybridized carbons (Fsp3) is 1.00. The summed E-state index contributed by atoms with van der Waals surface area (Å²) in [4.78, 5) is 2.57. The Morgan fingerprint density at radius 1 is 0.800 bits per heavy atom. The SMILES string of the molecule is CCCCCCCCN(CC)CCCBr. The highest BCUT2D eigenvalue weighted by Gasteiger charge is 2.00. The molecule has 0 aromatic rings. The van der Waals surface area contributed by atoms with Gasteiger partial charge in [-0.3, -0.25) is 0 Å². The van der Waals surface area contributed by atoms with Crippen LogP contribution in [-0.4, -0.2) is 29.9 Å². The van der Waals surface area contributed by atoms with Crippen LogP contribution in [0.3, 0.4) is 0 Å². The quantitative estimate of drug-likeness (QED) is 0.398. The summed E-state index contributed by atoms with van der Waals surface area (Å²) >= 11 is 3.49. The Hall–Kier alpha value is 0.440. The molecule has 0 atom stereocenters. The predicted octanol–water partition coefficient (Wildman–Crippen LogP) is 4.45. The molecule has 0 spiro atoms. The predicted molar refractivity (Wildman–Crippen MR) is 73.9 cm³/mol. The third-order valence-corrected chi connectivity index (χ3v) is 3.44. The normalized spacial score (nSPS) is 11.2. The smallest absolute Gasteiger partial charge is 0.00434 e. The lowest BCUT2D eigenvalue weighted by Crippen LogP contribution is -2.25. The molecule has 0 unspecified atom stereocenters. The second-order valence-electron chi connectivity index (χ2n) is 4.24. The van der Waals surface area contributed by atoms with E-state index in [1.54, 1.807) is 0 Å². The Labute approximate surface area is 105 Å². The minimum absolute atomic E-state index is 1.14. The zero-order chi connectivity index (χ0) is 11.4. The highest BCUT2D eigenvalue weighted by atomic mass is 79.9. The largest absolute Gasteiger partial charge is 0.304 e. The van der Waals surface area contributed by atoms with Crippen LogP contribution in [-0.2, 0) is 0 Å². The Kier molecular flexibility index (Phi) is 12.9. The van der Waals surface area contributed by atoms with Gasteiger partial charge in [-0.05, 0) is 32.5 Å². The van der Waals surface area contributed by atoms with E-state index in [1.807, 2.05) is 0 Å². The van der Waals surface area contributed by atoms with Crippen molar-refractivity contribution in [3.8, 4) is 0 Å². The molecule has 0 fully saturated rings. The fourth-order valence-corrected chi connectivity index (χ4v) is 2.08. The monoisotopic (exact) mass is 277 g/mol. The number of rotatable bonds is 11. The third-order valence-electron chi connectivity index (χ3n) is 2.88. The first-order valence-corrected chi connectivity index (χ1v) is 7.75. The minimum atomic E-state index is 1.14. The zero-order valence-corrected chi connectivity index (χ0v) is 12.2. The van der Waals surface area contributed by atoms with Crippen molar-refractivity contribution < 1.29 is 0 Å². The maximum absolute atomic E-state index is 3.49. The van der Waals surface area contributed by atoms with E-state index in [9.17, 15) is 0 Å². The van der Waals surface area contributed by atoms with Crippen molar-refractivity contribution in [2.24, 2.45) is 0 Å². The van der Waals surface area contributed by atoms with Crippen LogP contribution in [0.5, 0.6) is 0 Å². The maximum Gasteiger partial charge on any atom is 0.00434 e. The minimum Gasteiger partial charge on any atom is -0.304 e. The lowest BCUT2D eigenvalue weighted by molar-refractivity contribution is 0.282. The molecule has 0 N–H and O–H groups in total. The average Bonchev–Trinajstić information content (AvgIpc) is 2.27. The second kappa shape index (κ2) is 12.5. The van der Waals surface area contributed by atoms with E-state index in [-0.39, 0.29) is 0 Å². The molecular weight excluding hydrogens is 250 g/mol. The topological polar surface area (TPSA) is 3.24 Å². The summed E-state index contributed by atoms with van der Waals surface area (Å²) in [5, 5.41) is 1.14. The van der Waals surface area contributed by atoms with Crippen molar-refractivity contribution in [1.29, 1.82) is 0 Å². The molecule has 0 aromatic carbocycles. The van der Waals surface area contributed by atoms with Gasteiger partial charge in [-0.2, -0.15) is 0 Å². The van der Waals surface area contributed by atoms with Crippen LogP contribution in [0.25, 0.3) is 0 Å². The van der Waals surface area contributed by atoms with E-state index in [2.05, 4.69) is 34.7 Å². The van der Waals surface area contributed by atoms with Crippen molar-refractivity contribution in [3.05, 3.63) is 0 Å². The van der Waals surface area contributed by atoms with Gasteiger partial charge < -0.3 is 4.90 Å². The lowest BCUT2D eigenvalue weighted by Gasteiger charge is -2.19. The van der Waals surface area contributed by atoms with E-state index in [0.29, 0.717) is 0 Å². The Bertz CT molecular complexity index is 117. The molecule has 0 aliphatic rings. The molecule has 0 aromatic heterocycles. The van der Waals surface area contributed by atoms with Gasteiger partial charge in [0.2, 0.25) is 0 Å². The molecule has 92 valence electrons. The molecule has 15 heavy (non-hydrogen) atoms. The number of alkyl halides is 1. The van der Waals surface area contributed by atoms with E-state index in [1.165, 1.54) is 64.6 Å². The molecule has 0 saturated carbocycles. The van der Waals surface area contributed by atoms with E-state index in [4.69, 9.17) is 0 Å². The summed E-state index contributed by atoms with van der Waals surface area (Å²) in [7, 11) is 0. The average molecular weight is 278 g/mol. The van der Waals surface area contributed by atoms with Crippen LogP contribution in [0.4, 0.5) is 0 Å². The maximum atomic E-state index is 3.49. The number of unbranched alkanes of at least 4 members (excludes halogenated alkanes) is 5. The van der Waals surface area contributed by atoms with Gasteiger partial charge in [0, 0.05) is 5.33 Å². The van der Waals surface area contributed by atoms with Crippen LogP contribution >= 0.6 is 15.9 Å². The van der Waals surface area contributed by atoms with E-state index >= 15 is 0 Å². The molecule has 0 rings (SSSR count). The van der Waals surface area contributed by atoms with Crippen LogP contribution in [0.2, 0.25) is 0 Å². The summed E-state index contributed by atoms with van der Waals surface area (Å²) in [6.45, 7) is 8.32. The summed E-state index contributed by atoms with van der Waals surface area (Å²) in [6.07, 6.45) is 9.73. The Morgan fingerprint density at radius 2 is 1.40 bits per heavy atom. The molecule has 2 heteroatoms. The molecule has 0 saturated heterocycles. The zero-order valence-electron chi connectivity index (χ0n) is 10.6. The van der Waals surface area contributed by atoms with Crippen molar-refractivity contribution in [1.82, 2.24) is 4.90 Å². The van der Waals surface area contributed by atoms with Crippen molar-refractivity contribution in [2.75, 3.05) is 25.0 Å². The summed E-state index contributed by atoms with van der Waals surface area (Å²) in [5.41, 5.74) is 0. The first-order valence-electron chi connectivity index (χ1n) is 6.63. The first kappa shape index (κ1) is 15.4. The van der Waals surface area contributed by atoms with Crippen LogP contribution in [0.1, 0.15) is 58.8 Å².